The lowest BCUT2D eigenvalue weighted by molar-refractivity contribution is 0.487. The SMILES string of the molecule is Cc1c(N)cc(Br)cc1-c1nnnn1CCCCC(C)C. The van der Waals surface area contributed by atoms with Crippen LogP contribution in [0.2, 0.25) is 0 Å². The van der Waals surface area contributed by atoms with E-state index in [9.17, 15) is 0 Å². The van der Waals surface area contributed by atoms with Crippen molar-refractivity contribution < 1.29 is 0 Å². The second kappa shape index (κ2) is 7.02. The third kappa shape index (κ3) is 4.03. The molecule has 0 bridgehead atoms. The van der Waals surface area contributed by atoms with Crippen molar-refractivity contribution in [1.82, 2.24) is 20.2 Å². The molecule has 2 N–H and O–H groups in total. The van der Waals surface area contributed by atoms with Crippen LogP contribution in [0.1, 0.15) is 38.7 Å². The number of unbranched alkanes of at least 4 members (excludes halogenated alkanes) is 1. The Morgan fingerprint density at radius 1 is 1.29 bits per heavy atom. The average molecular weight is 352 g/mol. The van der Waals surface area contributed by atoms with Crippen molar-refractivity contribution in [3.8, 4) is 11.4 Å². The summed E-state index contributed by atoms with van der Waals surface area (Å²) in [6.45, 7) is 7.32. The minimum absolute atomic E-state index is 0.741. The maximum absolute atomic E-state index is 6.02. The van der Waals surface area contributed by atoms with Gasteiger partial charge in [0, 0.05) is 22.3 Å². The molecule has 0 aliphatic heterocycles. The first-order valence-electron chi connectivity index (χ1n) is 7.31. The molecule has 1 aromatic carbocycles. The number of hydrogen-bond donors (Lipinski definition) is 1. The Hall–Kier alpha value is -1.43. The molecule has 0 radical (unpaired) electrons. The average Bonchev–Trinajstić information content (AvgIpc) is 2.87. The summed E-state index contributed by atoms with van der Waals surface area (Å²) in [5.74, 6) is 1.52. The fraction of sp³-hybridized carbons (Fsp3) is 0.533. The normalized spacial score (nSPS) is 11.3. The third-order valence-corrected chi connectivity index (χ3v) is 4.04. The smallest absolute Gasteiger partial charge is 0.182 e. The van der Waals surface area contributed by atoms with E-state index in [2.05, 4.69) is 45.3 Å². The van der Waals surface area contributed by atoms with E-state index in [4.69, 9.17) is 5.73 Å². The first kappa shape index (κ1) is 15.9. The van der Waals surface area contributed by atoms with Crippen LogP contribution in [0, 0.1) is 12.8 Å². The van der Waals surface area contributed by atoms with Crippen LogP contribution in [0.15, 0.2) is 16.6 Å². The molecule has 114 valence electrons. The summed E-state index contributed by atoms with van der Waals surface area (Å²) in [4.78, 5) is 0. The highest BCUT2D eigenvalue weighted by atomic mass is 79.9. The van der Waals surface area contributed by atoms with Crippen LogP contribution in [-0.2, 0) is 6.54 Å². The van der Waals surface area contributed by atoms with Crippen molar-refractivity contribution in [2.24, 2.45) is 5.92 Å². The van der Waals surface area contributed by atoms with Crippen molar-refractivity contribution in [2.75, 3.05) is 5.73 Å². The van der Waals surface area contributed by atoms with Crippen molar-refractivity contribution in [3.05, 3.63) is 22.2 Å². The molecule has 0 atom stereocenters. The molecule has 21 heavy (non-hydrogen) atoms. The van der Waals surface area contributed by atoms with Crippen LogP contribution >= 0.6 is 15.9 Å². The van der Waals surface area contributed by atoms with Gasteiger partial charge in [-0.2, -0.15) is 0 Å². The van der Waals surface area contributed by atoms with Crippen LogP contribution in [0.3, 0.4) is 0 Å². The van der Waals surface area contributed by atoms with E-state index in [0.717, 1.165) is 46.0 Å². The topological polar surface area (TPSA) is 69.6 Å². The Morgan fingerprint density at radius 2 is 2.05 bits per heavy atom. The van der Waals surface area contributed by atoms with Gasteiger partial charge in [-0.1, -0.05) is 42.6 Å². The summed E-state index contributed by atoms with van der Waals surface area (Å²) in [6.07, 6.45) is 3.51. The number of aromatic nitrogens is 4. The van der Waals surface area contributed by atoms with Crippen LogP contribution in [0.25, 0.3) is 11.4 Å². The number of nitrogens with zero attached hydrogens (tertiary/aromatic N) is 4. The van der Waals surface area contributed by atoms with Crippen LogP contribution in [0.5, 0.6) is 0 Å². The number of tetrazole rings is 1. The lowest BCUT2D eigenvalue weighted by Gasteiger charge is -2.10. The summed E-state index contributed by atoms with van der Waals surface area (Å²) < 4.78 is 2.81. The Morgan fingerprint density at radius 3 is 2.76 bits per heavy atom. The number of hydrogen-bond acceptors (Lipinski definition) is 4. The Kier molecular flexibility index (Phi) is 5.33. The molecule has 5 nitrogen and oxygen atoms in total. The minimum atomic E-state index is 0.741. The zero-order valence-corrected chi connectivity index (χ0v) is 14.4. The van der Waals surface area contributed by atoms with E-state index in [1.807, 2.05) is 23.7 Å². The largest absolute Gasteiger partial charge is 0.398 e. The number of anilines is 1. The Bertz CT molecular complexity index is 606. The number of nitrogens with two attached hydrogens (primary N) is 1. The Labute approximate surface area is 134 Å². The molecule has 2 rings (SSSR count). The highest BCUT2D eigenvalue weighted by Gasteiger charge is 2.13. The Balaban J connectivity index is 2.17. The van der Waals surface area contributed by atoms with Crippen molar-refractivity contribution >= 4 is 21.6 Å². The van der Waals surface area contributed by atoms with E-state index in [1.54, 1.807) is 0 Å². The number of aryl methyl sites for hydroxylation is 1. The molecule has 0 unspecified atom stereocenters. The van der Waals surface area contributed by atoms with Gasteiger partial charge in [0.05, 0.1) is 0 Å². The van der Waals surface area contributed by atoms with E-state index in [-0.39, 0.29) is 0 Å². The predicted molar refractivity (Wildman–Crippen MR) is 88.8 cm³/mol. The number of nitrogen functional groups attached to an aromatic ring is 1. The highest BCUT2D eigenvalue weighted by Crippen LogP contribution is 2.29. The lowest BCUT2D eigenvalue weighted by atomic mass is 10.1. The summed E-state index contributed by atoms with van der Waals surface area (Å²) in [5.41, 5.74) is 8.76. The van der Waals surface area contributed by atoms with Crippen molar-refractivity contribution in [3.63, 3.8) is 0 Å². The molecule has 0 aliphatic rings. The zero-order valence-electron chi connectivity index (χ0n) is 12.8. The molecular weight excluding hydrogens is 330 g/mol. The molecule has 0 saturated heterocycles. The van der Waals surface area contributed by atoms with Gasteiger partial charge in [-0.3, -0.25) is 0 Å². The number of rotatable bonds is 6. The van der Waals surface area contributed by atoms with Crippen LogP contribution in [-0.4, -0.2) is 20.2 Å². The predicted octanol–water partition coefficient (Wildman–Crippen LogP) is 3.82. The van der Waals surface area contributed by atoms with Gasteiger partial charge in [0.1, 0.15) is 0 Å². The molecule has 0 saturated carbocycles. The van der Waals surface area contributed by atoms with Gasteiger partial charge < -0.3 is 5.73 Å². The molecule has 1 aromatic heterocycles. The summed E-state index contributed by atoms with van der Waals surface area (Å²) >= 11 is 3.48. The third-order valence-electron chi connectivity index (χ3n) is 3.59. The van der Waals surface area contributed by atoms with Crippen LogP contribution in [0.4, 0.5) is 5.69 Å². The van der Waals surface area contributed by atoms with Gasteiger partial charge in [-0.05, 0) is 47.4 Å². The van der Waals surface area contributed by atoms with Gasteiger partial charge in [0.15, 0.2) is 5.82 Å². The van der Waals surface area contributed by atoms with Crippen molar-refractivity contribution in [1.29, 1.82) is 0 Å². The summed E-state index contributed by atoms with van der Waals surface area (Å²) in [6, 6.07) is 3.91. The molecule has 0 aliphatic carbocycles. The first-order valence-corrected chi connectivity index (χ1v) is 8.10. The van der Waals surface area contributed by atoms with E-state index in [0.29, 0.717) is 0 Å². The summed E-state index contributed by atoms with van der Waals surface area (Å²) in [5, 5.41) is 12.1. The summed E-state index contributed by atoms with van der Waals surface area (Å²) in [7, 11) is 0. The fourth-order valence-electron chi connectivity index (χ4n) is 2.29. The molecule has 0 fully saturated rings. The number of halogens is 1. The molecule has 0 spiro atoms. The second-order valence-corrected chi connectivity index (χ2v) is 6.70. The van der Waals surface area contributed by atoms with E-state index < -0.39 is 0 Å². The van der Waals surface area contributed by atoms with E-state index >= 15 is 0 Å². The molecule has 0 amide bonds. The standard InChI is InChI=1S/C15H22BrN5/c1-10(2)6-4-5-7-21-15(18-19-20-21)13-8-12(16)9-14(17)11(13)3/h8-10H,4-7,17H2,1-3H3. The van der Waals surface area contributed by atoms with Gasteiger partial charge in [-0.25, -0.2) is 4.68 Å². The van der Waals surface area contributed by atoms with Gasteiger partial charge in [0.25, 0.3) is 0 Å². The quantitative estimate of drug-likeness (QED) is 0.634. The fourth-order valence-corrected chi connectivity index (χ4v) is 2.77. The molecular formula is C15H22BrN5. The maximum atomic E-state index is 6.02. The monoisotopic (exact) mass is 351 g/mol. The van der Waals surface area contributed by atoms with E-state index in [1.165, 1.54) is 12.8 Å². The molecule has 2 aromatic rings. The van der Waals surface area contributed by atoms with Crippen molar-refractivity contribution in [2.45, 2.75) is 46.6 Å². The van der Waals surface area contributed by atoms with Gasteiger partial charge in [-0.15, -0.1) is 5.10 Å². The molecule has 1 heterocycles. The maximum Gasteiger partial charge on any atom is 0.182 e. The molecule has 6 heteroatoms. The first-order chi connectivity index (χ1) is 9.99. The van der Waals surface area contributed by atoms with Gasteiger partial charge in [0.2, 0.25) is 0 Å². The second-order valence-electron chi connectivity index (χ2n) is 5.78. The minimum Gasteiger partial charge on any atom is -0.398 e. The van der Waals surface area contributed by atoms with Crippen LogP contribution < -0.4 is 5.73 Å². The van der Waals surface area contributed by atoms with Gasteiger partial charge >= 0.3 is 0 Å². The highest BCUT2D eigenvalue weighted by molar-refractivity contribution is 9.10. The lowest BCUT2D eigenvalue weighted by Crippen LogP contribution is -2.05. The zero-order chi connectivity index (χ0) is 15.4. The number of benzene rings is 1.